The highest BCUT2D eigenvalue weighted by Crippen LogP contribution is 2.38. The SMILES string of the molecule is CCc1ccc(Nc2c(C(=O)N(C)C3CC3)c(N(C=O)c3cccc(NC(=O)C4(C)COC4)c3)c(C)c(=O)n2C)c(F)c1. The maximum atomic E-state index is 15.2. The van der Waals surface area contributed by atoms with E-state index >= 15 is 4.39 Å². The lowest BCUT2D eigenvalue weighted by Gasteiger charge is -2.36. The molecule has 2 heterocycles. The Labute approximate surface area is 249 Å². The molecule has 0 radical (unpaired) electrons. The van der Waals surface area contributed by atoms with Gasteiger partial charge in [-0.3, -0.25) is 28.6 Å². The van der Waals surface area contributed by atoms with Crippen LogP contribution in [0.5, 0.6) is 0 Å². The molecule has 0 spiro atoms. The smallest absolute Gasteiger partial charge is 0.259 e. The van der Waals surface area contributed by atoms with Gasteiger partial charge >= 0.3 is 0 Å². The summed E-state index contributed by atoms with van der Waals surface area (Å²) in [6.07, 6.45) is 2.84. The lowest BCUT2D eigenvalue weighted by atomic mass is 9.87. The summed E-state index contributed by atoms with van der Waals surface area (Å²) in [5.74, 6) is -1.12. The number of aryl methyl sites for hydroxylation is 1. The summed E-state index contributed by atoms with van der Waals surface area (Å²) >= 11 is 0. The average molecular weight is 590 g/mol. The predicted molar refractivity (Wildman–Crippen MR) is 163 cm³/mol. The normalized spacial score (nSPS) is 15.3. The maximum absolute atomic E-state index is 15.2. The lowest BCUT2D eigenvalue weighted by Crippen LogP contribution is -2.49. The minimum Gasteiger partial charge on any atom is -0.379 e. The summed E-state index contributed by atoms with van der Waals surface area (Å²) in [6, 6.07) is 11.3. The van der Waals surface area contributed by atoms with Crippen LogP contribution in [0.15, 0.2) is 47.3 Å². The number of halogens is 1. The molecule has 10 nitrogen and oxygen atoms in total. The van der Waals surface area contributed by atoms with Gasteiger partial charge in [-0.25, -0.2) is 4.39 Å². The number of nitrogens with one attached hydrogen (secondary N) is 2. The van der Waals surface area contributed by atoms with E-state index in [9.17, 15) is 19.2 Å². The number of carbonyl (C=O) groups is 3. The second-order valence-corrected chi connectivity index (χ2v) is 11.5. The predicted octanol–water partition coefficient (Wildman–Crippen LogP) is 4.64. The lowest BCUT2D eigenvalue weighted by molar-refractivity contribution is -0.151. The number of hydrogen-bond acceptors (Lipinski definition) is 6. The van der Waals surface area contributed by atoms with Crippen LogP contribution in [0.4, 0.5) is 33.0 Å². The third-order valence-electron chi connectivity index (χ3n) is 8.23. The minimum atomic E-state index is -0.652. The molecular formula is C32H36FN5O5. The molecule has 2 aliphatic rings. The number of nitrogens with zero attached hydrogens (tertiary/aromatic N) is 3. The van der Waals surface area contributed by atoms with Crippen molar-refractivity contribution in [2.24, 2.45) is 12.5 Å². The molecule has 0 bridgehead atoms. The van der Waals surface area contributed by atoms with Gasteiger partial charge in [0.1, 0.15) is 17.2 Å². The van der Waals surface area contributed by atoms with E-state index in [2.05, 4.69) is 10.6 Å². The number of anilines is 5. The Balaban J connectivity index is 1.65. The molecule has 3 aromatic rings. The van der Waals surface area contributed by atoms with E-state index in [0.29, 0.717) is 37.4 Å². The van der Waals surface area contributed by atoms with Crippen LogP contribution in [0.25, 0.3) is 0 Å². The molecule has 2 aromatic carbocycles. The molecule has 1 saturated carbocycles. The van der Waals surface area contributed by atoms with Crippen molar-refractivity contribution < 1.29 is 23.5 Å². The Kier molecular flexibility index (Phi) is 8.11. The highest BCUT2D eigenvalue weighted by molar-refractivity contribution is 6.09. The van der Waals surface area contributed by atoms with E-state index in [-0.39, 0.29) is 40.3 Å². The van der Waals surface area contributed by atoms with Gasteiger partial charge in [-0.05, 0) is 69.0 Å². The van der Waals surface area contributed by atoms with Crippen molar-refractivity contribution >= 4 is 46.8 Å². The van der Waals surface area contributed by atoms with Crippen molar-refractivity contribution in [3.8, 4) is 0 Å². The van der Waals surface area contributed by atoms with Crippen molar-refractivity contribution in [3.05, 3.63) is 75.3 Å². The monoisotopic (exact) mass is 589 g/mol. The van der Waals surface area contributed by atoms with Crippen LogP contribution in [0.3, 0.4) is 0 Å². The van der Waals surface area contributed by atoms with Crippen molar-refractivity contribution in [2.75, 3.05) is 35.8 Å². The van der Waals surface area contributed by atoms with Crippen LogP contribution in [0.1, 0.15) is 48.2 Å². The number of aromatic nitrogens is 1. The fourth-order valence-electron chi connectivity index (χ4n) is 5.18. The van der Waals surface area contributed by atoms with Crippen LogP contribution in [0, 0.1) is 18.2 Å². The largest absolute Gasteiger partial charge is 0.379 e. The highest BCUT2D eigenvalue weighted by atomic mass is 19.1. The number of rotatable bonds is 10. The minimum absolute atomic E-state index is 0.0198. The molecule has 1 saturated heterocycles. The number of hydrogen-bond donors (Lipinski definition) is 2. The average Bonchev–Trinajstić information content (AvgIpc) is 3.83. The zero-order valence-electron chi connectivity index (χ0n) is 25.0. The zero-order chi connectivity index (χ0) is 31.1. The molecule has 3 amide bonds. The molecule has 5 rings (SSSR count). The molecule has 0 atom stereocenters. The summed E-state index contributed by atoms with van der Waals surface area (Å²) in [4.78, 5) is 56.2. The van der Waals surface area contributed by atoms with Crippen LogP contribution >= 0.6 is 0 Å². The molecule has 1 aromatic heterocycles. The van der Waals surface area contributed by atoms with Gasteiger partial charge in [0.15, 0.2) is 0 Å². The Hall–Kier alpha value is -4.51. The molecule has 226 valence electrons. The van der Waals surface area contributed by atoms with Crippen molar-refractivity contribution in [3.63, 3.8) is 0 Å². The van der Waals surface area contributed by atoms with Gasteiger partial charge in [0, 0.05) is 31.4 Å². The first-order valence-corrected chi connectivity index (χ1v) is 14.3. The third kappa shape index (κ3) is 5.64. The highest BCUT2D eigenvalue weighted by Gasteiger charge is 2.41. The van der Waals surface area contributed by atoms with Gasteiger partial charge in [0.25, 0.3) is 11.5 Å². The van der Waals surface area contributed by atoms with Crippen molar-refractivity contribution in [1.29, 1.82) is 0 Å². The summed E-state index contributed by atoms with van der Waals surface area (Å²) in [6.45, 7) is 5.88. The molecule has 11 heteroatoms. The van der Waals surface area contributed by atoms with E-state index < -0.39 is 22.7 Å². The quantitative estimate of drug-likeness (QED) is 0.333. The maximum Gasteiger partial charge on any atom is 0.259 e. The van der Waals surface area contributed by atoms with Gasteiger partial charge in [-0.2, -0.15) is 0 Å². The van der Waals surface area contributed by atoms with E-state index in [4.69, 9.17) is 4.74 Å². The number of pyridine rings is 1. The van der Waals surface area contributed by atoms with Crippen LogP contribution in [0.2, 0.25) is 0 Å². The Bertz CT molecular complexity index is 1660. The van der Waals surface area contributed by atoms with Gasteiger partial charge in [0.2, 0.25) is 12.3 Å². The van der Waals surface area contributed by atoms with Gasteiger partial charge in [-0.15, -0.1) is 0 Å². The van der Waals surface area contributed by atoms with Gasteiger partial charge in [0.05, 0.1) is 35.7 Å². The second kappa shape index (κ2) is 11.6. The van der Waals surface area contributed by atoms with Crippen LogP contribution in [-0.4, -0.2) is 54.0 Å². The van der Waals surface area contributed by atoms with Crippen molar-refractivity contribution in [1.82, 2.24) is 9.47 Å². The van der Waals surface area contributed by atoms with E-state index in [1.807, 2.05) is 6.92 Å². The standard InChI is InChI=1S/C32H36FN5O5/c1-6-20-10-13-25(24(33)14-20)35-28-26(30(41)36(4)22-11-12-22)27(19(2)29(40)37(28)5)38(18-39)23-9-7-8-21(15-23)34-31(42)32(3)16-43-17-32/h7-10,13-15,18,22,35H,6,11-12,16-17H2,1-5H3,(H,34,42). The van der Waals surface area contributed by atoms with E-state index in [0.717, 1.165) is 18.4 Å². The molecule has 2 fully saturated rings. The molecule has 43 heavy (non-hydrogen) atoms. The first-order valence-electron chi connectivity index (χ1n) is 14.3. The Morgan fingerprint density at radius 2 is 1.91 bits per heavy atom. The van der Waals surface area contributed by atoms with Crippen molar-refractivity contribution in [2.45, 2.75) is 46.1 Å². The first-order chi connectivity index (χ1) is 20.5. The number of amides is 3. The zero-order valence-corrected chi connectivity index (χ0v) is 25.0. The molecule has 2 N–H and O–H groups in total. The summed E-state index contributed by atoms with van der Waals surface area (Å²) in [7, 11) is 3.18. The van der Waals surface area contributed by atoms with Crippen LogP contribution in [-0.2, 0) is 27.8 Å². The summed E-state index contributed by atoms with van der Waals surface area (Å²) < 4.78 is 21.6. The molecular weight excluding hydrogens is 553 g/mol. The number of ether oxygens (including phenoxy) is 1. The number of benzene rings is 2. The number of carbonyl (C=O) groups excluding carboxylic acids is 3. The Morgan fingerprint density at radius 3 is 2.49 bits per heavy atom. The Morgan fingerprint density at radius 1 is 1.19 bits per heavy atom. The third-order valence-corrected chi connectivity index (χ3v) is 8.23. The second-order valence-electron chi connectivity index (χ2n) is 11.5. The van der Waals surface area contributed by atoms with Gasteiger partial charge < -0.3 is 20.3 Å². The molecule has 1 aliphatic carbocycles. The topological polar surface area (TPSA) is 113 Å². The van der Waals surface area contributed by atoms with Crippen LogP contribution < -0.4 is 21.1 Å². The van der Waals surface area contributed by atoms with E-state index in [1.165, 1.54) is 22.6 Å². The fourth-order valence-corrected chi connectivity index (χ4v) is 5.18. The molecule has 1 aliphatic heterocycles. The summed E-state index contributed by atoms with van der Waals surface area (Å²) in [5, 5.41) is 5.86. The summed E-state index contributed by atoms with van der Waals surface area (Å²) in [5.41, 5.74) is 0.798. The van der Waals surface area contributed by atoms with E-state index in [1.54, 1.807) is 62.2 Å². The fraction of sp³-hybridized carbons (Fsp3) is 0.375. The first kappa shape index (κ1) is 30.0. The molecule has 0 unspecified atom stereocenters. The van der Waals surface area contributed by atoms with Gasteiger partial charge in [-0.1, -0.05) is 19.1 Å².